The Kier molecular flexibility index (Phi) is 19.2. The smallest absolute Gasteiger partial charge is 0.0900 e. The number of nitrogens with zero attached hydrogens (tertiary/aromatic N) is 2. The van der Waals surface area contributed by atoms with Gasteiger partial charge in [0.1, 0.15) is 0 Å². The van der Waals surface area contributed by atoms with E-state index in [-0.39, 0.29) is 6.10 Å². The van der Waals surface area contributed by atoms with E-state index < -0.39 is 0 Å². The summed E-state index contributed by atoms with van der Waals surface area (Å²) in [6.45, 7) is 7.87. The highest BCUT2D eigenvalue weighted by Gasteiger charge is 2.17. The predicted octanol–water partition coefficient (Wildman–Crippen LogP) is 5.12. The predicted molar refractivity (Wildman–Crippen MR) is 129 cm³/mol. The van der Waals surface area contributed by atoms with Gasteiger partial charge in [-0.15, -0.1) is 0 Å². The number of aliphatic hydroxyl groups is 1. The van der Waals surface area contributed by atoms with Gasteiger partial charge in [0.25, 0.3) is 0 Å². The number of ether oxygens (including phenoxy) is 1. The maximum absolute atomic E-state index is 10.1. The lowest BCUT2D eigenvalue weighted by Gasteiger charge is -2.33. The highest BCUT2D eigenvalue weighted by molar-refractivity contribution is 4.71. The third-order valence-electron chi connectivity index (χ3n) is 6.33. The molecule has 3 N–H and O–H groups in total. The van der Waals surface area contributed by atoms with E-state index in [1.165, 1.54) is 96.3 Å². The number of β-amino-alcohol motifs (C(OH)–C–C–N with tert-alkyl or cyclic N) is 1. The summed E-state index contributed by atoms with van der Waals surface area (Å²) in [4.78, 5) is 2.27. The van der Waals surface area contributed by atoms with Crippen molar-refractivity contribution < 1.29 is 9.84 Å². The van der Waals surface area contributed by atoms with Crippen LogP contribution in [0.25, 0.3) is 0 Å². The lowest BCUT2D eigenvalue weighted by Crippen LogP contribution is -2.51. The van der Waals surface area contributed by atoms with Crippen LogP contribution in [0.1, 0.15) is 110 Å². The van der Waals surface area contributed by atoms with Crippen molar-refractivity contribution in [3.8, 4) is 0 Å². The molecule has 180 valence electrons. The summed E-state index contributed by atoms with van der Waals surface area (Å²) < 4.78 is 5.67. The highest BCUT2D eigenvalue weighted by atomic mass is 16.5. The lowest BCUT2D eigenvalue weighted by atomic mass is 10.0. The molecular formula is C25H53N3O2. The Bertz CT molecular complexity index is 349. The molecule has 30 heavy (non-hydrogen) atoms. The molecule has 1 fully saturated rings. The van der Waals surface area contributed by atoms with E-state index in [4.69, 9.17) is 10.6 Å². The van der Waals surface area contributed by atoms with Crippen LogP contribution >= 0.6 is 0 Å². The Hall–Kier alpha value is -0.200. The zero-order valence-electron chi connectivity index (χ0n) is 20.2. The summed E-state index contributed by atoms with van der Waals surface area (Å²) in [5.74, 6) is 5.76. The molecule has 1 saturated heterocycles. The van der Waals surface area contributed by atoms with Gasteiger partial charge in [-0.3, -0.25) is 10.7 Å². The van der Waals surface area contributed by atoms with Crippen molar-refractivity contribution in [1.82, 2.24) is 9.91 Å². The first-order chi connectivity index (χ1) is 14.7. The van der Waals surface area contributed by atoms with Gasteiger partial charge in [-0.1, -0.05) is 103 Å². The maximum Gasteiger partial charge on any atom is 0.0900 e. The van der Waals surface area contributed by atoms with Gasteiger partial charge in [-0.2, -0.15) is 0 Å². The van der Waals surface area contributed by atoms with Gasteiger partial charge < -0.3 is 9.84 Å². The molecule has 0 saturated carbocycles. The quantitative estimate of drug-likeness (QED) is 0.197. The van der Waals surface area contributed by atoms with Gasteiger partial charge in [-0.05, 0) is 6.42 Å². The molecule has 5 nitrogen and oxygen atoms in total. The van der Waals surface area contributed by atoms with Gasteiger partial charge in [0.2, 0.25) is 0 Å². The summed E-state index contributed by atoms with van der Waals surface area (Å²) >= 11 is 0. The van der Waals surface area contributed by atoms with Crippen molar-refractivity contribution in [2.75, 3.05) is 45.9 Å². The average Bonchev–Trinajstić information content (AvgIpc) is 2.74. The van der Waals surface area contributed by atoms with E-state index in [1.54, 1.807) is 0 Å². The molecule has 0 amide bonds. The summed E-state index contributed by atoms with van der Waals surface area (Å²) in [6, 6.07) is 0. The number of unbranched alkanes of at least 4 members (excludes halogenated alkanes) is 15. The molecule has 1 atom stereocenters. The standard InChI is InChI=1S/C25H53N3O2/c1-2-3-4-5-6-7-8-9-10-11-12-13-14-15-16-17-22-30-24-25(29)23-27-18-20-28(26)21-19-27/h25,29H,2-24,26H2,1H3. The monoisotopic (exact) mass is 427 g/mol. The van der Waals surface area contributed by atoms with Crippen LogP contribution in [-0.2, 0) is 4.74 Å². The normalized spacial score (nSPS) is 16.9. The largest absolute Gasteiger partial charge is 0.389 e. The number of rotatable bonds is 21. The third kappa shape index (κ3) is 17.5. The average molecular weight is 428 g/mol. The topological polar surface area (TPSA) is 62.0 Å². The van der Waals surface area contributed by atoms with Crippen LogP contribution in [-0.4, -0.2) is 67.1 Å². The molecule has 0 bridgehead atoms. The van der Waals surface area contributed by atoms with E-state index in [2.05, 4.69) is 11.8 Å². The first-order valence-electron chi connectivity index (χ1n) is 13.2. The first-order valence-corrected chi connectivity index (χ1v) is 13.2. The fourth-order valence-electron chi connectivity index (χ4n) is 4.27. The molecule has 0 aliphatic carbocycles. The van der Waals surface area contributed by atoms with Crippen LogP contribution in [0.4, 0.5) is 0 Å². The minimum atomic E-state index is -0.379. The van der Waals surface area contributed by atoms with Crippen molar-refractivity contribution in [3.05, 3.63) is 0 Å². The Balaban J connectivity index is 1.71. The van der Waals surface area contributed by atoms with E-state index in [0.717, 1.165) is 39.2 Å². The van der Waals surface area contributed by atoms with Crippen LogP contribution < -0.4 is 5.84 Å². The minimum absolute atomic E-state index is 0.379. The number of nitrogens with two attached hydrogens (primary N) is 1. The maximum atomic E-state index is 10.1. The van der Waals surface area contributed by atoms with Crippen LogP contribution in [0.5, 0.6) is 0 Å². The summed E-state index contributed by atoms with van der Waals surface area (Å²) in [5.41, 5.74) is 0. The minimum Gasteiger partial charge on any atom is -0.389 e. The molecular weight excluding hydrogens is 374 g/mol. The van der Waals surface area contributed by atoms with Crippen LogP contribution in [0.2, 0.25) is 0 Å². The molecule has 0 radical (unpaired) electrons. The fraction of sp³-hybridized carbons (Fsp3) is 1.00. The highest BCUT2D eigenvalue weighted by Crippen LogP contribution is 2.13. The van der Waals surface area contributed by atoms with Gasteiger partial charge in [-0.25, -0.2) is 5.01 Å². The van der Waals surface area contributed by atoms with Crippen molar-refractivity contribution in [3.63, 3.8) is 0 Å². The van der Waals surface area contributed by atoms with Crippen molar-refractivity contribution in [1.29, 1.82) is 0 Å². The second-order valence-corrected chi connectivity index (χ2v) is 9.37. The fourth-order valence-corrected chi connectivity index (χ4v) is 4.27. The summed E-state index contributed by atoms with van der Waals surface area (Å²) in [5, 5.41) is 11.9. The van der Waals surface area contributed by atoms with Crippen molar-refractivity contribution >= 4 is 0 Å². The van der Waals surface area contributed by atoms with Crippen LogP contribution in [0, 0.1) is 0 Å². The molecule has 0 aromatic rings. The van der Waals surface area contributed by atoms with Gasteiger partial charge in [0.15, 0.2) is 0 Å². The van der Waals surface area contributed by atoms with E-state index in [0.29, 0.717) is 13.2 Å². The van der Waals surface area contributed by atoms with Gasteiger partial charge in [0.05, 0.1) is 12.7 Å². The first kappa shape index (κ1) is 27.8. The zero-order valence-corrected chi connectivity index (χ0v) is 20.2. The number of hydrogen-bond donors (Lipinski definition) is 2. The molecule has 1 unspecified atom stereocenters. The molecule has 1 aliphatic rings. The second kappa shape index (κ2) is 20.7. The lowest BCUT2D eigenvalue weighted by molar-refractivity contribution is 0.00614. The Morgan fingerprint density at radius 2 is 1.13 bits per heavy atom. The Morgan fingerprint density at radius 1 is 0.700 bits per heavy atom. The Morgan fingerprint density at radius 3 is 1.60 bits per heavy atom. The number of piperazine rings is 1. The van der Waals surface area contributed by atoms with Crippen LogP contribution in [0.3, 0.4) is 0 Å². The Labute approximate surface area is 187 Å². The van der Waals surface area contributed by atoms with Crippen molar-refractivity contribution in [2.24, 2.45) is 5.84 Å². The van der Waals surface area contributed by atoms with Crippen LogP contribution in [0.15, 0.2) is 0 Å². The molecule has 0 spiro atoms. The van der Waals surface area contributed by atoms with E-state index in [1.807, 2.05) is 5.01 Å². The molecule has 5 heteroatoms. The van der Waals surface area contributed by atoms with E-state index in [9.17, 15) is 5.11 Å². The molecule has 1 heterocycles. The number of aliphatic hydroxyl groups excluding tert-OH is 1. The molecule has 0 aromatic carbocycles. The van der Waals surface area contributed by atoms with E-state index >= 15 is 0 Å². The third-order valence-corrected chi connectivity index (χ3v) is 6.33. The number of hydrazine groups is 1. The van der Waals surface area contributed by atoms with Crippen molar-refractivity contribution in [2.45, 2.75) is 116 Å². The zero-order chi connectivity index (χ0) is 21.7. The summed E-state index contributed by atoms with van der Waals surface area (Å²) in [7, 11) is 0. The molecule has 0 aromatic heterocycles. The van der Waals surface area contributed by atoms with Gasteiger partial charge >= 0.3 is 0 Å². The summed E-state index contributed by atoms with van der Waals surface area (Å²) in [6.07, 6.45) is 21.8. The van der Waals surface area contributed by atoms with Gasteiger partial charge in [0, 0.05) is 39.3 Å². The molecule has 1 rings (SSSR count). The second-order valence-electron chi connectivity index (χ2n) is 9.37. The SMILES string of the molecule is CCCCCCCCCCCCCCCCCCOCC(O)CN1CCN(N)CC1. The molecule has 1 aliphatic heterocycles. The number of hydrogen-bond acceptors (Lipinski definition) is 5.